The van der Waals surface area contributed by atoms with Crippen LogP contribution in [0.2, 0.25) is 0 Å². The average Bonchev–Trinajstić information content (AvgIpc) is 3.46. The summed E-state index contributed by atoms with van der Waals surface area (Å²) in [5, 5.41) is 12.6. The van der Waals surface area contributed by atoms with Crippen molar-refractivity contribution in [2.24, 2.45) is 10.4 Å². The van der Waals surface area contributed by atoms with Crippen molar-refractivity contribution in [2.75, 3.05) is 18.6 Å². The van der Waals surface area contributed by atoms with Crippen LogP contribution < -0.4 is 10.2 Å². The predicted octanol–water partition coefficient (Wildman–Crippen LogP) is 5.52. The zero-order valence-corrected chi connectivity index (χ0v) is 24.0. The Bertz CT molecular complexity index is 1370. The van der Waals surface area contributed by atoms with E-state index in [2.05, 4.69) is 29.6 Å². The summed E-state index contributed by atoms with van der Waals surface area (Å²) in [7, 11) is 1.57. The van der Waals surface area contributed by atoms with Gasteiger partial charge in [0.05, 0.1) is 13.1 Å². The van der Waals surface area contributed by atoms with E-state index in [0.717, 1.165) is 22.4 Å². The number of likely N-dealkylation sites (N-methyl/N-ethyl adjacent to an activating group) is 1. The highest BCUT2D eigenvalue weighted by molar-refractivity contribution is 5.90. The zero-order valence-electron chi connectivity index (χ0n) is 24.0. The molecule has 0 aromatic heterocycles. The van der Waals surface area contributed by atoms with Crippen molar-refractivity contribution in [1.29, 1.82) is 0 Å². The molecule has 0 radical (unpaired) electrons. The molecule has 0 aliphatic carbocycles. The van der Waals surface area contributed by atoms with Crippen molar-refractivity contribution in [3.63, 3.8) is 0 Å². The average molecular weight is 555 g/mol. The number of anilines is 1. The smallest absolute Gasteiger partial charge is 0.305 e. The summed E-state index contributed by atoms with van der Waals surface area (Å²) in [5.41, 5.74) is 3.62. The maximum atomic E-state index is 12.9. The van der Waals surface area contributed by atoms with Crippen LogP contribution in [0.15, 0.2) is 102 Å². The fourth-order valence-corrected chi connectivity index (χ4v) is 4.65. The standard InChI is InChI=1S/C33H38N4O4/c1-33(2,3)30(31(40)34-4)35-32(41-22-24-11-7-5-8-12-24)28(21-29(38)39)37-20-19-36(23-37)27-17-15-26(16-18-27)25-13-9-6-10-14-25/h5-20,28,30H,21-23H2,1-4H3,(H,34,40)(H,38,39)/t28-,30+/m0/s1. The maximum Gasteiger partial charge on any atom is 0.305 e. The van der Waals surface area contributed by atoms with Gasteiger partial charge in [0.25, 0.3) is 0 Å². The second-order valence-corrected chi connectivity index (χ2v) is 11.1. The largest absolute Gasteiger partial charge is 0.481 e. The van der Waals surface area contributed by atoms with Gasteiger partial charge in [0.1, 0.15) is 18.7 Å². The summed E-state index contributed by atoms with van der Waals surface area (Å²) in [6, 6.07) is 26.5. The lowest BCUT2D eigenvalue weighted by molar-refractivity contribution is -0.137. The molecule has 1 aliphatic rings. The van der Waals surface area contributed by atoms with Crippen LogP contribution in [0.5, 0.6) is 0 Å². The molecular formula is C33H38N4O4. The fourth-order valence-electron chi connectivity index (χ4n) is 4.65. The van der Waals surface area contributed by atoms with E-state index >= 15 is 0 Å². The second-order valence-electron chi connectivity index (χ2n) is 11.1. The number of carbonyl (C=O) groups excluding carboxylic acids is 1. The fraction of sp³-hybridized carbons (Fsp3) is 0.303. The molecule has 0 saturated carbocycles. The highest BCUT2D eigenvalue weighted by Gasteiger charge is 2.35. The van der Waals surface area contributed by atoms with Gasteiger partial charge in [0, 0.05) is 25.1 Å². The van der Waals surface area contributed by atoms with Gasteiger partial charge in [-0.1, -0.05) is 93.6 Å². The molecular weight excluding hydrogens is 516 g/mol. The van der Waals surface area contributed by atoms with Crippen molar-refractivity contribution in [1.82, 2.24) is 10.2 Å². The summed E-state index contributed by atoms with van der Waals surface area (Å²) < 4.78 is 6.24. The maximum absolute atomic E-state index is 12.9. The number of rotatable bonds is 10. The Morgan fingerprint density at radius 1 is 0.927 bits per heavy atom. The van der Waals surface area contributed by atoms with Crippen molar-refractivity contribution in [3.8, 4) is 11.1 Å². The molecule has 3 aromatic carbocycles. The Morgan fingerprint density at radius 3 is 2.12 bits per heavy atom. The van der Waals surface area contributed by atoms with Crippen molar-refractivity contribution >= 4 is 23.5 Å². The first-order valence-electron chi connectivity index (χ1n) is 13.7. The van der Waals surface area contributed by atoms with Gasteiger partial charge in [0.2, 0.25) is 11.8 Å². The SMILES string of the molecule is CNC(=O)[C@@H](N=C(OCc1ccccc1)[C@H](CC(=O)O)N1C=CN(c2ccc(-c3ccccc3)cc2)C1)C(C)(C)C. The van der Waals surface area contributed by atoms with Crippen molar-refractivity contribution in [3.05, 3.63) is 103 Å². The number of nitrogens with one attached hydrogen (secondary N) is 1. The number of benzene rings is 3. The molecule has 3 aromatic rings. The quantitative estimate of drug-likeness (QED) is 0.253. The van der Waals surface area contributed by atoms with E-state index in [9.17, 15) is 14.7 Å². The van der Waals surface area contributed by atoms with Gasteiger partial charge in [-0.3, -0.25) is 9.59 Å². The molecule has 1 heterocycles. The van der Waals surface area contributed by atoms with Gasteiger partial charge >= 0.3 is 5.97 Å². The number of hydrogen-bond acceptors (Lipinski definition) is 6. The van der Waals surface area contributed by atoms with Gasteiger partial charge in [-0.2, -0.15) is 0 Å². The highest BCUT2D eigenvalue weighted by atomic mass is 16.5. The van der Waals surface area contributed by atoms with Crippen LogP contribution in [0.4, 0.5) is 5.69 Å². The Hall–Kier alpha value is -4.59. The number of carboxylic acid groups (broad SMARTS) is 1. The van der Waals surface area contributed by atoms with Gasteiger partial charge in [-0.25, -0.2) is 4.99 Å². The Kier molecular flexibility index (Phi) is 9.45. The summed E-state index contributed by atoms with van der Waals surface area (Å²) in [6.45, 7) is 6.37. The number of hydrogen-bond donors (Lipinski definition) is 2. The van der Waals surface area contributed by atoms with Gasteiger partial charge in [-0.15, -0.1) is 0 Å². The lowest BCUT2D eigenvalue weighted by Gasteiger charge is -2.32. The third-order valence-electron chi connectivity index (χ3n) is 6.91. The molecule has 1 amide bonds. The third-order valence-corrected chi connectivity index (χ3v) is 6.91. The number of amides is 1. The molecule has 0 unspecified atom stereocenters. The first kappa shape index (κ1) is 29.4. The minimum atomic E-state index is -0.989. The van der Waals surface area contributed by atoms with Crippen LogP contribution in [0.25, 0.3) is 11.1 Å². The Morgan fingerprint density at radius 2 is 1.54 bits per heavy atom. The van der Waals surface area contributed by atoms with Crippen LogP contribution in [0, 0.1) is 5.41 Å². The molecule has 1 aliphatic heterocycles. The zero-order chi connectivity index (χ0) is 29.4. The molecule has 214 valence electrons. The molecule has 0 fully saturated rings. The van der Waals surface area contributed by atoms with Crippen LogP contribution in [-0.2, 0) is 20.9 Å². The molecule has 0 saturated heterocycles. The van der Waals surface area contributed by atoms with Crippen LogP contribution >= 0.6 is 0 Å². The molecule has 8 heteroatoms. The van der Waals surface area contributed by atoms with E-state index in [0.29, 0.717) is 6.67 Å². The molecule has 0 spiro atoms. The number of aliphatic imine (C=N–C) groups is 1. The molecule has 2 atom stereocenters. The Labute approximate surface area is 242 Å². The summed E-state index contributed by atoms with van der Waals surface area (Å²) in [5.74, 6) is -1.03. The van der Waals surface area contributed by atoms with Gasteiger partial charge in [0.15, 0.2) is 0 Å². The number of nitrogens with zero attached hydrogens (tertiary/aromatic N) is 3. The van der Waals surface area contributed by atoms with E-state index in [1.165, 1.54) is 0 Å². The van der Waals surface area contributed by atoms with Crippen LogP contribution in [-0.4, -0.2) is 53.6 Å². The van der Waals surface area contributed by atoms with E-state index in [1.54, 1.807) is 7.05 Å². The molecule has 2 N–H and O–H groups in total. The van der Waals surface area contributed by atoms with E-state index in [-0.39, 0.29) is 24.8 Å². The van der Waals surface area contributed by atoms with Gasteiger partial charge in [-0.05, 0) is 34.2 Å². The topological polar surface area (TPSA) is 94.5 Å². The normalized spacial score (nSPS) is 15.0. The predicted molar refractivity (Wildman–Crippen MR) is 162 cm³/mol. The van der Waals surface area contributed by atoms with E-state index in [4.69, 9.17) is 9.73 Å². The summed E-state index contributed by atoms with van der Waals surface area (Å²) >= 11 is 0. The highest BCUT2D eigenvalue weighted by Crippen LogP contribution is 2.28. The van der Waals surface area contributed by atoms with E-state index < -0.39 is 23.5 Å². The van der Waals surface area contributed by atoms with Crippen molar-refractivity contribution < 1.29 is 19.4 Å². The monoisotopic (exact) mass is 554 g/mol. The van der Waals surface area contributed by atoms with Gasteiger partial charge < -0.3 is 25.0 Å². The summed E-state index contributed by atoms with van der Waals surface area (Å²) in [4.78, 5) is 33.7. The lowest BCUT2D eigenvalue weighted by Crippen LogP contribution is -2.45. The molecule has 4 rings (SSSR count). The van der Waals surface area contributed by atoms with E-state index in [1.807, 2.05) is 104 Å². The van der Waals surface area contributed by atoms with Crippen LogP contribution in [0.3, 0.4) is 0 Å². The Balaban J connectivity index is 1.62. The summed E-state index contributed by atoms with van der Waals surface area (Å²) in [6.07, 6.45) is 3.52. The number of carboxylic acids is 1. The molecule has 0 bridgehead atoms. The lowest BCUT2D eigenvalue weighted by atomic mass is 9.86. The first-order chi connectivity index (χ1) is 19.7. The molecule has 41 heavy (non-hydrogen) atoms. The minimum absolute atomic E-state index is 0.197. The number of ether oxygens (including phenoxy) is 1. The first-order valence-corrected chi connectivity index (χ1v) is 13.7. The number of aliphatic carboxylic acids is 1. The van der Waals surface area contributed by atoms with Crippen LogP contribution in [0.1, 0.15) is 32.8 Å². The minimum Gasteiger partial charge on any atom is -0.481 e. The molecule has 8 nitrogen and oxygen atoms in total. The second kappa shape index (κ2) is 13.2. The van der Waals surface area contributed by atoms with Crippen molar-refractivity contribution in [2.45, 2.75) is 45.9 Å². The third kappa shape index (κ3) is 7.75. The number of carbonyl (C=O) groups is 2.